The van der Waals surface area contributed by atoms with Crippen LogP contribution in [-0.2, 0) is 29.3 Å². The standard InChI is InChI=1S/C35H31Cl2NO5/c1-34(2,3)43-32(41)28-27(19-9-7-11-22(36)15-19)24-17-21(18-39)29(20-10-8-12-23(37)16-20)35(30(24)31(28)40)25-13-5-6-14-26(25)38(4)33(35)42/h5-18,24,27-30H,1-4H3/t24-,27-,28+,29-,30+,35+/m1/s1. The lowest BCUT2D eigenvalue weighted by Crippen LogP contribution is -2.55. The summed E-state index contributed by atoms with van der Waals surface area (Å²) in [7, 11) is 1.68. The number of fused-ring (bicyclic) bond motifs is 4. The average molecular weight is 617 g/mol. The number of halogens is 2. The second-order valence-electron chi connectivity index (χ2n) is 12.6. The molecule has 3 aromatic carbocycles. The molecular formula is C35H31Cl2NO5. The number of ketones is 1. The van der Waals surface area contributed by atoms with Gasteiger partial charge in [-0.2, -0.15) is 0 Å². The topological polar surface area (TPSA) is 80.8 Å². The molecule has 6 nitrogen and oxygen atoms in total. The van der Waals surface area contributed by atoms with Gasteiger partial charge in [0.15, 0.2) is 5.78 Å². The second-order valence-corrected chi connectivity index (χ2v) is 13.4. The molecule has 0 aromatic heterocycles. The Labute approximate surface area is 260 Å². The molecule has 2 aliphatic carbocycles. The van der Waals surface area contributed by atoms with Crippen molar-refractivity contribution in [2.75, 3.05) is 11.9 Å². The SMILES string of the molecule is CN1C(=O)[C@]2(c3ccccc31)[C@@H]1C(=O)[C@@H](C(=O)OC(C)(C)C)[C@H](c3cccc(Cl)c3)[C@H]1C=C(C=O)[C@H]2c1cccc(Cl)c1. The maximum Gasteiger partial charge on any atom is 0.317 e. The van der Waals surface area contributed by atoms with Gasteiger partial charge in [0.25, 0.3) is 0 Å². The highest BCUT2D eigenvalue weighted by molar-refractivity contribution is 6.31. The molecule has 1 spiro atoms. The Hall–Kier alpha value is -3.74. The lowest BCUT2D eigenvalue weighted by atomic mass is 9.52. The summed E-state index contributed by atoms with van der Waals surface area (Å²) in [5, 5.41) is 0.883. The number of hydrogen-bond donors (Lipinski definition) is 0. The van der Waals surface area contributed by atoms with E-state index in [1.165, 1.54) is 0 Å². The van der Waals surface area contributed by atoms with E-state index in [4.69, 9.17) is 27.9 Å². The molecule has 6 rings (SSSR count). The third kappa shape index (κ3) is 4.46. The first-order valence-corrected chi connectivity index (χ1v) is 15.0. The fraction of sp³-hybridized carbons (Fsp3) is 0.314. The second kappa shape index (κ2) is 10.5. The molecule has 0 unspecified atom stereocenters. The predicted octanol–water partition coefficient (Wildman–Crippen LogP) is 6.69. The van der Waals surface area contributed by atoms with Crippen molar-refractivity contribution < 1.29 is 23.9 Å². The molecule has 1 aliphatic heterocycles. The van der Waals surface area contributed by atoms with Crippen molar-refractivity contribution >= 4 is 52.8 Å². The molecule has 0 bridgehead atoms. The molecule has 1 fully saturated rings. The van der Waals surface area contributed by atoms with Crippen LogP contribution in [-0.4, -0.2) is 36.6 Å². The van der Waals surface area contributed by atoms with Gasteiger partial charge in [-0.1, -0.05) is 71.7 Å². The molecule has 1 saturated carbocycles. The first-order valence-electron chi connectivity index (χ1n) is 14.2. The van der Waals surface area contributed by atoms with Gasteiger partial charge in [-0.25, -0.2) is 0 Å². The van der Waals surface area contributed by atoms with Gasteiger partial charge in [-0.15, -0.1) is 0 Å². The Balaban J connectivity index is 1.69. The molecule has 0 radical (unpaired) electrons. The van der Waals surface area contributed by atoms with Gasteiger partial charge < -0.3 is 9.64 Å². The number of rotatable bonds is 4. The highest BCUT2D eigenvalue weighted by atomic mass is 35.5. The zero-order valence-electron chi connectivity index (χ0n) is 24.2. The Bertz CT molecular complexity index is 1710. The fourth-order valence-electron chi connectivity index (χ4n) is 7.68. The molecule has 220 valence electrons. The van der Waals surface area contributed by atoms with Crippen LogP contribution in [0.3, 0.4) is 0 Å². The number of hydrogen-bond acceptors (Lipinski definition) is 5. The van der Waals surface area contributed by atoms with Crippen LogP contribution in [0, 0.1) is 17.8 Å². The number of allylic oxidation sites excluding steroid dienone is 2. The minimum atomic E-state index is -1.52. The van der Waals surface area contributed by atoms with Crippen molar-refractivity contribution in [2.45, 2.75) is 43.6 Å². The lowest BCUT2D eigenvalue weighted by molar-refractivity contribution is -0.162. The van der Waals surface area contributed by atoms with E-state index in [-0.39, 0.29) is 5.91 Å². The smallest absolute Gasteiger partial charge is 0.317 e. The number of likely N-dealkylation sites (N-methyl/N-ethyl adjacent to an activating group) is 1. The number of anilines is 1. The molecule has 1 amide bonds. The zero-order valence-corrected chi connectivity index (χ0v) is 25.7. The van der Waals surface area contributed by atoms with Crippen LogP contribution < -0.4 is 4.90 Å². The normalized spacial score (nSPS) is 28.0. The van der Waals surface area contributed by atoms with E-state index in [9.17, 15) is 19.2 Å². The maximum atomic E-state index is 14.9. The third-order valence-electron chi connectivity index (χ3n) is 9.02. The van der Waals surface area contributed by atoms with Crippen LogP contribution in [0.5, 0.6) is 0 Å². The molecule has 3 aromatic rings. The number of carbonyl (C=O) groups is 4. The number of nitrogens with zero attached hydrogens (tertiary/aromatic N) is 1. The molecular weight excluding hydrogens is 585 g/mol. The quantitative estimate of drug-likeness (QED) is 0.186. The van der Waals surface area contributed by atoms with Crippen LogP contribution in [0.15, 0.2) is 84.4 Å². The summed E-state index contributed by atoms with van der Waals surface area (Å²) in [6.45, 7) is 5.25. The fourth-order valence-corrected chi connectivity index (χ4v) is 8.08. The molecule has 6 atom stereocenters. The van der Waals surface area contributed by atoms with Crippen molar-refractivity contribution in [3.8, 4) is 0 Å². The van der Waals surface area contributed by atoms with Crippen LogP contribution in [0.2, 0.25) is 10.0 Å². The highest BCUT2D eigenvalue weighted by Gasteiger charge is 2.71. The van der Waals surface area contributed by atoms with Crippen LogP contribution in [0.1, 0.15) is 49.3 Å². The zero-order chi connectivity index (χ0) is 30.8. The Morgan fingerprint density at radius 1 is 0.930 bits per heavy atom. The number of esters is 1. The van der Waals surface area contributed by atoms with Gasteiger partial charge in [0.1, 0.15) is 17.8 Å². The molecule has 43 heavy (non-hydrogen) atoms. The highest BCUT2D eigenvalue weighted by Crippen LogP contribution is 2.65. The number of carbonyl (C=O) groups excluding carboxylic acids is 4. The van der Waals surface area contributed by atoms with Crippen LogP contribution >= 0.6 is 23.2 Å². The Morgan fingerprint density at radius 3 is 2.19 bits per heavy atom. The maximum absolute atomic E-state index is 14.9. The Kier molecular flexibility index (Phi) is 7.14. The molecule has 8 heteroatoms. The largest absolute Gasteiger partial charge is 0.459 e. The van der Waals surface area contributed by atoms with Crippen molar-refractivity contribution in [1.82, 2.24) is 0 Å². The first kappa shape index (κ1) is 29.3. The molecule has 1 heterocycles. The number of benzene rings is 3. The van der Waals surface area contributed by atoms with E-state index in [0.29, 0.717) is 38.0 Å². The van der Waals surface area contributed by atoms with E-state index in [1.54, 1.807) is 75.2 Å². The summed E-state index contributed by atoms with van der Waals surface area (Å²) in [5.41, 5.74) is 0.564. The van der Waals surface area contributed by atoms with E-state index < -0.39 is 52.4 Å². The summed E-state index contributed by atoms with van der Waals surface area (Å²) < 4.78 is 5.83. The molecule has 3 aliphatic rings. The summed E-state index contributed by atoms with van der Waals surface area (Å²) in [6.07, 6.45) is 2.55. The minimum Gasteiger partial charge on any atom is -0.459 e. The van der Waals surface area contributed by atoms with Crippen molar-refractivity contribution in [1.29, 1.82) is 0 Å². The van der Waals surface area contributed by atoms with E-state index in [1.807, 2.05) is 36.4 Å². The first-order chi connectivity index (χ1) is 20.4. The number of amides is 1. The van der Waals surface area contributed by atoms with Gasteiger partial charge in [-0.3, -0.25) is 19.2 Å². The lowest BCUT2D eigenvalue weighted by Gasteiger charge is -2.46. The summed E-state index contributed by atoms with van der Waals surface area (Å²) in [5.74, 6) is -5.81. The molecule has 0 saturated heterocycles. The number of Topliss-reactive ketones (excluding diaryl/α,β-unsaturated/α-hetero) is 1. The average Bonchev–Trinajstić information content (AvgIpc) is 3.37. The van der Waals surface area contributed by atoms with E-state index in [0.717, 1.165) is 6.29 Å². The van der Waals surface area contributed by atoms with Gasteiger partial charge in [0, 0.05) is 40.5 Å². The molecule has 0 N–H and O–H groups in total. The number of aldehydes is 1. The van der Waals surface area contributed by atoms with Gasteiger partial charge >= 0.3 is 5.97 Å². The summed E-state index contributed by atoms with van der Waals surface area (Å²) >= 11 is 12.9. The summed E-state index contributed by atoms with van der Waals surface area (Å²) in [6, 6.07) is 21.4. The van der Waals surface area contributed by atoms with Crippen LogP contribution in [0.25, 0.3) is 0 Å². The summed E-state index contributed by atoms with van der Waals surface area (Å²) in [4.78, 5) is 58.3. The predicted molar refractivity (Wildman–Crippen MR) is 165 cm³/mol. The van der Waals surface area contributed by atoms with Crippen molar-refractivity contribution in [2.24, 2.45) is 17.8 Å². The Morgan fingerprint density at radius 2 is 1.56 bits per heavy atom. The van der Waals surface area contributed by atoms with Gasteiger partial charge in [-0.05, 0) is 79.3 Å². The van der Waals surface area contributed by atoms with Gasteiger partial charge in [0.2, 0.25) is 5.91 Å². The van der Waals surface area contributed by atoms with Gasteiger partial charge in [0.05, 0.1) is 5.41 Å². The number of para-hydroxylation sites is 1. The monoisotopic (exact) mass is 615 g/mol. The minimum absolute atomic E-state index is 0.316. The van der Waals surface area contributed by atoms with Crippen molar-refractivity contribution in [3.05, 3.63) is 111 Å². The van der Waals surface area contributed by atoms with Crippen molar-refractivity contribution in [3.63, 3.8) is 0 Å². The van der Waals surface area contributed by atoms with Crippen LogP contribution in [0.4, 0.5) is 5.69 Å². The third-order valence-corrected chi connectivity index (χ3v) is 9.49. The number of ether oxygens (including phenoxy) is 1. The van der Waals surface area contributed by atoms with E-state index >= 15 is 0 Å². The van der Waals surface area contributed by atoms with E-state index in [2.05, 4.69) is 0 Å².